The quantitative estimate of drug-likeness (QED) is 0.553. The Morgan fingerprint density at radius 1 is 1.26 bits per heavy atom. The highest BCUT2D eigenvalue weighted by Gasteiger charge is 2.43. The maximum absolute atomic E-state index is 12.6. The summed E-state index contributed by atoms with van der Waals surface area (Å²) in [6.45, 7) is 0.928. The molecule has 0 saturated heterocycles. The Hall–Kier alpha value is -0.680. The number of hydrogen-bond donors (Lipinski definition) is 2. The Kier molecular flexibility index (Phi) is 6.72. The van der Waals surface area contributed by atoms with E-state index in [2.05, 4.69) is 0 Å². The molecule has 0 unspecified atom stereocenters. The zero-order chi connectivity index (χ0) is 14.3. The molecule has 0 spiro atoms. The van der Waals surface area contributed by atoms with Crippen molar-refractivity contribution in [2.45, 2.75) is 51.4 Å². The molecule has 19 heavy (non-hydrogen) atoms. The molecule has 1 fully saturated rings. The van der Waals surface area contributed by atoms with Gasteiger partial charge in [-0.25, -0.2) is 0 Å². The number of hydrogen-bond acceptors (Lipinski definition) is 3. The molecule has 1 amide bonds. The first kappa shape index (κ1) is 16.4. The molecule has 0 heterocycles. The van der Waals surface area contributed by atoms with E-state index in [1.54, 1.807) is 4.90 Å². The Bertz CT molecular complexity index is 315. The minimum Gasteiger partial charge on any atom is -0.396 e. The van der Waals surface area contributed by atoms with Crippen molar-refractivity contribution >= 4 is 23.1 Å². The number of carbonyl (C=O) groups is 1. The molecule has 0 aliphatic heterocycles. The van der Waals surface area contributed by atoms with E-state index in [0.717, 1.165) is 51.4 Å². The lowest BCUT2D eigenvalue weighted by molar-refractivity contribution is -0.138. The van der Waals surface area contributed by atoms with Gasteiger partial charge >= 0.3 is 0 Å². The molecule has 0 aromatic rings. The van der Waals surface area contributed by atoms with Crippen molar-refractivity contribution < 1.29 is 9.90 Å². The van der Waals surface area contributed by atoms with Crippen LogP contribution in [0, 0.1) is 5.41 Å². The number of unbranched alkanes of at least 4 members (excludes halogenated alkanes) is 2. The molecule has 0 aromatic carbocycles. The molecule has 1 aliphatic carbocycles. The molecule has 0 radical (unpaired) electrons. The maximum Gasteiger partial charge on any atom is 0.235 e. The third-order valence-electron chi connectivity index (χ3n) is 4.09. The van der Waals surface area contributed by atoms with E-state index in [-0.39, 0.29) is 12.5 Å². The molecule has 1 rings (SSSR count). The van der Waals surface area contributed by atoms with Crippen molar-refractivity contribution in [2.24, 2.45) is 11.1 Å². The summed E-state index contributed by atoms with van der Waals surface area (Å²) in [5, 5.41) is 8.74. The van der Waals surface area contributed by atoms with Crippen LogP contribution in [-0.2, 0) is 4.79 Å². The monoisotopic (exact) mass is 286 g/mol. The van der Waals surface area contributed by atoms with E-state index in [9.17, 15) is 4.79 Å². The van der Waals surface area contributed by atoms with Crippen LogP contribution in [0.3, 0.4) is 0 Å². The number of thiocarbonyl (C=S) groups is 1. The van der Waals surface area contributed by atoms with Gasteiger partial charge in [0.2, 0.25) is 5.91 Å². The highest BCUT2D eigenvalue weighted by atomic mass is 32.1. The number of carbonyl (C=O) groups excluding carboxylic acids is 1. The fraction of sp³-hybridized carbons (Fsp3) is 0.857. The summed E-state index contributed by atoms with van der Waals surface area (Å²) in [4.78, 5) is 14.8. The van der Waals surface area contributed by atoms with Crippen LogP contribution < -0.4 is 5.73 Å². The molecular formula is C14H26N2O2S. The Balaban J connectivity index is 2.58. The molecule has 1 saturated carbocycles. The molecule has 110 valence electrons. The molecule has 0 atom stereocenters. The summed E-state index contributed by atoms with van der Waals surface area (Å²) in [6.07, 6.45) is 7.46. The topological polar surface area (TPSA) is 66.6 Å². The van der Waals surface area contributed by atoms with E-state index < -0.39 is 5.41 Å². The summed E-state index contributed by atoms with van der Waals surface area (Å²) >= 11 is 5.17. The van der Waals surface area contributed by atoms with Gasteiger partial charge in [-0.1, -0.05) is 31.5 Å². The number of amides is 1. The van der Waals surface area contributed by atoms with Gasteiger partial charge in [0, 0.05) is 20.2 Å². The second-order valence-corrected chi connectivity index (χ2v) is 5.96. The van der Waals surface area contributed by atoms with Gasteiger partial charge in [-0.2, -0.15) is 0 Å². The van der Waals surface area contributed by atoms with E-state index >= 15 is 0 Å². The van der Waals surface area contributed by atoms with E-state index in [4.69, 9.17) is 23.1 Å². The van der Waals surface area contributed by atoms with Crippen LogP contribution in [0.5, 0.6) is 0 Å². The third-order valence-corrected chi connectivity index (χ3v) is 4.48. The van der Waals surface area contributed by atoms with Crippen LogP contribution in [0.15, 0.2) is 0 Å². The van der Waals surface area contributed by atoms with Gasteiger partial charge in [0.05, 0.1) is 10.4 Å². The molecule has 4 nitrogen and oxygen atoms in total. The van der Waals surface area contributed by atoms with Gasteiger partial charge in [0.15, 0.2) is 0 Å². The molecular weight excluding hydrogens is 260 g/mol. The Labute approximate surface area is 121 Å². The average Bonchev–Trinajstić information content (AvgIpc) is 2.43. The summed E-state index contributed by atoms with van der Waals surface area (Å²) < 4.78 is 0. The number of nitrogens with zero attached hydrogens (tertiary/aromatic N) is 1. The molecule has 5 heteroatoms. The van der Waals surface area contributed by atoms with Crippen molar-refractivity contribution in [3.63, 3.8) is 0 Å². The van der Waals surface area contributed by atoms with E-state index in [1.807, 2.05) is 7.05 Å². The van der Waals surface area contributed by atoms with Crippen LogP contribution in [0.25, 0.3) is 0 Å². The highest BCUT2D eigenvalue weighted by Crippen LogP contribution is 2.38. The third kappa shape index (κ3) is 4.14. The summed E-state index contributed by atoms with van der Waals surface area (Å²) in [6, 6.07) is 0. The van der Waals surface area contributed by atoms with Gasteiger partial charge in [0.1, 0.15) is 0 Å². The van der Waals surface area contributed by atoms with Gasteiger partial charge in [-0.05, 0) is 32.1 Å². The van der Waals surface area contributed by atoms with Gasteiger partial charge in [-0.15, -0.1) is 0 Å². The van der Waals surface area contributed by atoms with Crippen molar-refractivity contribution in [3.05, 3.63) is 0 Å². The fourth-order valence-corrected chi connectivity index (χ4v) is 3.12. The largest absolute Gasteiger partial charge is 0.396 e. The zero-order valence-corrected chi connectivity index (χ0v) is 12.7. The number of aliphatic hydroxyl groups is 1. The summed E-state index contributed by atoms with van der Waals surface area (Å²) in [5.41, 5.74) is 5.27. The normalized spacial score (nSPS) is 18.0. The minimum atomic E-state index is -0.598. The Morgan fingerprint density at radius 2 is 1.89 bits per heavy atom. The first-order valence-electron chi connectivity index (χ1n) is 7.21. The first-order valence-corrected chi connectivity index (χ1v) is 7.62. The first-order chi connectivity index (χ1) is 9.04. The molecule has 3 N–H and O–H groups in total. The van der Waals surface area contributed by atoms with Crippen LogP contribution in [-0.4, -0.2) is 41.1 Å². The average molecular weight is 286 g/mol. The predicted molar refractivity (Wildman–Crippen MR) is 80.9 cm³/mol. The van der Waals surface area contributed by atoms with Crippen LogP contribution in [0.2, 0.25) is 0 Å². The standard InChI is InChI=1S/C14H26N2O2S/c1-16(10-6-3-7-11-17)13(18)14(12(15)19)8-4-2-5-9-14/h17H,2-11H2,1H3,(H2,15,19). The van der Waals surface area contributed by atoms with Crippen molar-refractivity contribution in [3.8, 4) is 0 Å². The molecule has 0 aromatic heterocycles. The minimum absolute atomic E-state index is 0.0868. The number of aliphatic hydroxyl groups excluding tert-OH is 1. The molecule has 0 bridgehead atoms. The van der Waals surface area contributed by atoms with Crippen LogP contribution in [0.1, 0.15) is 51.4 Å². The van der Waals surface area contributed by atoms with Gasteiger partial charge in [0.25, 0.3) is 0 Å². The predicted octanol–water partition coefficient (Wildman–Crippen LogP) is 1.84. The maximum atomic E-state index is 12.6. The second kappa shape index (κ2) is 7.80. The molecule has 1 aliphatic rings. The lowest BCUT2D eigenvalue weighted by Crippen LogP contribution is -2.50. The van der Waals surface area contributed by atoms with Gasteiger partial charge < -0.3 is 15.7 Å². The summed E-state index contributed by atoms with van der Waals surface area (Å²) in [7, 11) is 1.83. The zero-order valence-electron chi connectivity index (χ0n) is 11.9. The second-order valence-electron chi connectivity index (χ2n) is 5.52. The van der Waals surface area contributed by atoms with Gasteiger partial charge in [-0.3, -0.25) is 4.79 Å². The summed E-state index contributed by atoms with van der Waals surface area (Å²) in [5.74, 6) is 0.0868. The van der Waals surface area contributed by atoms with Crippen molar-refractivity contribution in [1.29, 1.82) is 0 Å². The lowest BCUT2D eigenvalue weighted by Gasteiger charge is -2.37. The lowest BCUT2D eigenvalue weighted by atomic mass is 9.73. The fourth-order valence-electron chi connectivity index (χ4n) is 2.83. The van der Waals surface area contributed by atoms with E-state index in [1.165, 1.54) is 0 Å². The number of rotatable bonds is 7. The Morgan fingerprint density at radius 3 is 2.42 bits per heavy atom. The van der Waals surface area contributed by atoms with E-state index in [0.29, 0.717) is 11.5 Å². The smallest absolute Gasteiger partial charge is 0.235 e. The van der Waals surface area contributed by atoms with Crippen LogP contribution in [0.4, 0.5) is 0 Å². The SMILES string of the molecule is CN(CCCCCO)C(=O)C1(C(N)=S)CCCCC1. The van der Waals surface area contributed by atoms with Crippen LogP contribution >= 0.6 is 12.2 Å². The van der Waals surface area contributed by atoms with Crippen molar-refractivity contribution in [2.75, 3.05) is 20.2 Å². The highest BCUT2D eigenvalue weighted by molar-refractivity contribution is 7.80. The number of nitrogens with two attached hydrogens (primary N) is 1. The van der Waals surface area contributed by atoms with Crippen molar-refractivity contribution in [1.82, 2.24) is 4.90 Å².